The lowest BCUT2D eigenvalue weighted by Gasteiger charge is -2.22. The fourth-order valence-corrected chi connectivity index (χ4v) is 1.80. The SMILES string of the molecule is CCCC(C)(N)C(=O)Nc1ccc(I)cc1. The van der Waals surface area contributed by atoms with Crippen LogP contribution >= 0.6 is 22.6 Å². The summed E-state index contributed by atoms with van der Waals surface area (Å²) in [4.78, 5) is 11.9. The van der Waals surface area contributed by atoms with E-state index >= 15 is 0 Å². The van der Waals surface area contributed by atoms with Gasteiger partial charge in [0.05, 0.1) is 5.54 Å². The summed E-state index contributed by atoms with van der Waals surface area (Å²) >= 11 is 2.22. The van der Waals surface area contributed by atoms with Crippen molar-refractivity contribution in [2.24, 2.45) is 5.73 Å². The molecule has 0 saturated carbocycles. The largest absolute Gasteiger partial charge is 0.325 e. The Morgan fingerprint density at radius 3 is 2.50 bits per heavy atom. The highest BCUT2D eigenvalue weighted by Crippen LogP contribution is 2.15. The van der Waals surface area contributed by atoms with E-state index in [1.807, 2.05) is 31.2 Å². The molecule has 16 heavy (non-hydrogen) atoms. The Morgan fingerprint density at radius 2 is 2.00 bits per heavy atom. The number of carbonyl (C=O) groups excluding carboxylic acids is 1. The van der Waals surface area contributed by atoms with E-state index in [1.165, 1.54) is 0 Å². The van der Waals surface area contributed by atoms with E-state index < -0.39 is 5.54 Å². The van der Waals surface area contributed by atoms with Gasteiger partial charge in [-0.25, -0.2) is 0 Å². The van der Waals surface area contributed by atoms with Crippen molar-refractivity contribution >= 4 is 34.2 Å². The minimum atomic E-state index is -0.794. The summed E-state index contributed by atoms with van der Waals surface area (Å²) in [5.74, 6) is -0.129. The van der Waals surface area contributed by atoms with Crippen LogP contribution in [-0.4, -0.2) is 11.4 Å². The van der Waals surface area contributed by atoms with Crippen LogP contribution in [0.25, 0.3) is 0 Å². The predicted octanol–water partition coefficient (Wildman–Crippen LogP) is 2.75. The number of halogens is 1. The molecule has 0 saturated heterocycles. The normalized spacial score (nSPS) is 14.2. The Bertz CT molecular complexity index is 360. The van der Waals surface area contributed by atoms with Crippen LogP contribution in [0.4, 0.5) is 5.69 Å². The Balaban J connectivity index is 2.67. The molecule has 0 spiro atoms. The first-order valence-electron chi connectivity index (χ1n) is 5.31. The number of benzene rings is 1. The molecule has 0 aliphatic carbocycles. The molecule has 0 aromatic heterocycles. The molecule has 3 nitrogen and oxygen atoms in total. The molecule has 1 atom stereocenters. The standard InChI is InChI=1S/C12H17IN2O/c1-3-8-12(2,14)11(16)15-10-6-4-9(13)5-7-10/h4-7H,3,8,14H2,1-2H3,(H,15,16). The Morgan fingerprint density at radius 1 is 1.44 bits per heavy atom. The maximum atomic E-state index is 11.9. The molecule has 1 rings (SSSR count). The molecule has 1 amide bonds. The predicted molar refractivity (Wildman–Crippen MR) is 75.3 cm³/mol. The summed E-state index contributed by atoms with van der Waals surface area (Å²) in [7, 11) is 0. The average molecular weight is 332 g/mol. The van der Waals surface area contributed by atoms with Crippen molar-refractivity contribution in [2.45, 2.75) is 32.2 Å². The topological polar surface area (TPSA) is 55.1 Å². The molecule has 1 aromatic rings. The molecule has 0 heterocycles. The zero-order valence-electron chi connectivity index (χ0n) is 9.59. The Hall–Kier alpha value is -0.620. The summed E-state index contributed by atoms with van der Waals surface area (Å²) in [6.45, 7) is 3.78. The van der Waals surface area contributed by atoms with Crippen LogP contribution in [0.15, 0.2) is 24.3 Å². The smallest absolute Gasteiger partial charge is 0.244 e. The summed E-state index contributed by atoms with van der Waals surface area (Å²) in [5, 5.41) is 2.83. The van der Waals surface area contributed by atoms with Crippen molar-refractivity contribution in [1.29, 1.82) is 0 Å². The van der Waals surface area contributed by atoms with Crippen molar-refractivity contribution in [3.05, 3.63) is 27.8 Å². The van der Waals surface area contributed by atoms with Crippen LogP contribution in [0.5, 0.6) is 0 Å². The Labute approximate surface area is 110 Å². The van der Waals surface area contributed by atoms with Crippen molar-refractivity contribution in [2.75, 3.05) is 5.32 Å². The first-order valence-corrected chi connectivity index (χ1v) is 6.39. The van der Waals surface area contributed by atoms with Crippen molar-refractivity contribution in [3.63, 3.8) is 0 Å². The molecule has 0 radical (unpaired) electrons. The lowest BCUT2D eigenvalue weighted by Crippen LogP contribution is -2.48. The quantitative estimate of drug-likeness (QED) is 0.833. The zero-order chi connectivity index (χ0) is 12.2. The number of hydrogen-bond acceptors (Lipinski definition) is 2. The molecule has 0 bridgehead atoms. The monoisotopic (exact) mass is 332 g/mol. The van der Waals surface area contributed by atoms with Gasteiger partial charge in [-0.15, -0.1) is 0 Å². The van der Waals surface area contributed by atoms with Gasteiger partial charge in [0.15, 0.2) is 0 Å². The van der Waals surface area contributed by atoms with E-state index in [1.54, 1.807) is 6.92 Å². The van der Waals surface area contributed by atoms with E-state index in [-0.39, 0.29) is 5.91 Å². The molecular formula is C12H17IN2O. The van der Waals surface area contributed by atoms with Gasteiger partial charge in [-0.05, 0) is 60.2 Å². The lowest BCUT2D eigenvalue weighted by atomic mass is 9.96. The fraction of sp³-hybridized carbons (Fsp3) is 0.417. The third-order valence-electron chi connectivity index (χ3n) is 2.39. The molecule has 4 heteroatoms. The highest BCUT2D eigenvalue weighted by molar-refractivity contribution is 14.1. The van der Waals surface area contributed by atoms with Crippen LogP contribution < -0.4 is 11.1 Å². The molecule has 1 unspecified atom stereocenters. The van der Waals surface area contributed by atoms with Gasteiger partial charge in [-0.2, -0.15) is 0 Å². The lowest BCUT2D eigenvalue weighted by molar-refractivity contribution is -0.120. The zero-order valence-corrected chi connectivity index (χ0v) is 11.7. The van der Waals surface area contributed by atoms with Crippen LogP contribution in [0, 0.1) is 3.57 Å². The highest BCUT2D eigenvalue weighted by Gasteiger charge is 2.26. The van der Waals surface area contributed by atoms with E-state index in [0.29, 0.717) is 6.42 Å². The number of nitrogens with two attached hydrogens (primary N) is 1. The van der Waals surface area contributed by atoms with E-state index in [0.717, 1.165) is 15.7 Å². The van der Waals surface area contributed by atoms with Gasteiger partial charge in [0.2, 0.25) is 5.91 Å². The van der Waals surface area contributed by atoms with E-state index in [2.05, 4.69) is 27.9 Å². The van der Waals surface area contributed by atoms with Crippen LogP contribution in [0.2, 0.25) is 0 Å². The minimum Gasteiger partial charge on any atom is -0.325 e. The third kappa shape index (κ3) is 3.75. The number of hydrogen-bond donors (Lipinski definition) is 2. The van der Waals surface area contributed by atoms with E-state index in [9.17, 15) is 4.79 Å². The number of amides is 1. The molecule has 3 N–H and O–H groups in total. The second-order valence-electron chi connectivity index (χ2n) is 4.13. The van der Waals surface area contributed by atoms with Crippen LogP contribution in [0.1, 0.15) is 26.7 Å². The molecule has 0 aliphatic heterocycles. The molecular weight excluding hydrogens is 315 g/mol. The molecule has 1 aromatic carbocycles. The van der Waals surface area contributed by atoms with Crippen molar-refractivity contribution < 1.29 is 4.79 Å². The number of nitrogens with one attached hydrogen (secondary N) is 1. The first-order chi connectivity index (χ1) is 7.45. The van der Waals surface area contributed by atoms with Crippen molar-refractivity contribution in [3.8, 4) is 0 Å². The maximum absolute atomic E-state index is 11.9. The molecule has 0 aliphatic rings. The second kappa shape index (κ2) is 5.63. The minimum absolute atomic E-state index is 0.129. The van der Waals surface area contributed by atoms with E-state index in [4.69, 9.17) is 5.73 Å². The molecule has 0 fully saturated rings. The fourth-order valence-electron chi connectivity index (χ4n) is 1.44. The summed E-state index contributed by atoms with van der Waals surface area (Å²) in [6, 6.07) is 7.65. The first kappa shape index (κ1) is 13.4. The maximum Gasteiger partial charge on any atom is 0.244 e. The second-order valence-corrected chi connectivity index (χ2v) is 5.37. The third-order valence-corrected chi connectivity index (χ3v) is 3.11. The average Bonchev–Trinajstić information content (AvgIpc) is 2.21. The van der Waals surface area contributed by atoms with Gasteiger partial charge in [0, 0.05) is 9.26 Å². The van der Waals surface area contributed by atoms with Gasteiger partial charge < -0.3 is 11.1 Å². The van der Waals surface area contributed by atoms with Gasteiger partial charge in [-0.1, -0.05) is 13.3 Å². The summed E-state index contributed by atoms with van der Waals surface area (Å²) < 4.78 is 1.14. The van der Waals surface area contributed by atoms with Gasteiger partial charge in [-0.3, -0.25) is 4.79 Å². The molecule has 88 valence electrons. The highest BCUT2D eigenvalue weighted by atomic mass is 127. The van der Waals surface area contributed by atoms with Crippen LogP contribution in [-0.2, 0) is 4.79 Å². The number of anilines is 1. The van der Waals surface area contributed by atoms with Gasteiger partial charge in [0.1, 0.15) is 0 Å². The van der Waals surface area contributed by atoms with Gasteiger partial charge >= 0.3 is 0 Å². The summed E-state index contributed by atoms with van der Waals surface area (Å²) in [6.07, 6.45) is 1.58. The Kier molecular flexibility index (Phi) is 4.73. The number of rotatable bonds is 4. The van der Waals surface area contributed by atoms with Crippen molar-refractivity contribution in [1.82, 2.24) is 0 Å². The van der Waals surface area contributed by atoms with Crippen LogP contribution in [0.3, 0.4) is 0 Å². The van der Waals surface area contributed by atoms with Gasteiger partial charge in [0.25, 0.3) is 0 Å². The summed E-state index contributed by atoms with van der Waals surface area (Å²) in [5.41, 5.74) is 5.93. The number of carbonyl (C=O) groups is 1.